The molecular formula is C27H39F3N2O3. The van der Waals surface area contributed by atoms with E-state index in [1.54, 1.807) is 12.2 Å². The van der Waals surface area contributed by atoms with Gasteiger partial charge in [-0.25, -0.2) is 4.79 Å². The molecule has 1 heterocycles. The number of allylic oxidation sites excluding steroid dienone is 5. The van der Waals surface area contributed by atoms with E-state index in [-0.39, 0.29) is 17.9 Å². The number of hydrogen-bond donors (Lipinski definition) is 1. The van der Waals surface area contributed by atoms with Gasteiger partial charge in [0.15, 0.2) is 5.88 Å². The molecule has 35 heavy (non-hydrogen) atoms. The molecule has 8 heteroatoms. The number of carboxylic acid groups (broad SMARTS) is 1. The molecule has 0 spiro atoms. The van der Waals surface area contributed by atoms with Gasteiger partial charge in [0.1, 0.15) is 0 Å². The van der Waals surface area contributed by atoms with Crippen molar-refractivity contribution in [3.05, 3.63) is 72.3 Å². The molecule has 1 N–H and O–H groups in total. The van der Waals surface area contributed by atoms with Gasteiger partial charge >= 0.3 is 12.1 Å². The van der Waals surface area contributed by atoms with Crippen LogP contribution in [0.1, 0.15) is 46.5 Å². The Hall–Kier alpha value is -2.74. The number of ether oxygens (including phenoxy) is 1. The minimum atomic E-state index is -4.33. The van der Waals surface area contributed by atoms with Crippen LogP contribution in [0.15, 0.2) is 72.3 Å². The van der Waals surface area contributed by atoms with Crippen LogP contribution in [0, 0.1) is 5.92 Å². The molecule has 5 nitrogen and oxygen atoms in total. The SMILES string of the molecule is C=C/C(=C\C=C(/C)C(=O)O)N1CC(CCN(CCC)C/C(C)=C/CCC(=C)C(F)(F)F)COC1=C. The molecular weight excluding hydrogens is 457 g/mol. The van der Waals surface area contributed by atoms with Crippen LogP contribution in [0.25, 0.3) is 0 Å². The molecule has 1 aliphatic rings. The highest BCUT2D eigenvalue weighted by Crippen LogP contribution is 2.28. The number of rotatable bonds is 14. The van der Waals surface area contributed by atoms with Gasteiger partial charge in [0, 0.05) is 35.9 Å². The Bertz CT molecular complexity index is 856. The lowest BCUT2D eigenvalue weighted by Gasteiger charge is -2.37. The highest BCUT2D eigenvalue weighted by Gasteiger charge is 2.30. The topological polar surface area (TPSA) is 53.0 Å². The van der Waals surface area contributed by atoms with E-state index in [9.17, 15) is 18.0 Å². The molecule has 0 aromatic heterocycles. The zero-order chi connectivity index (χ0) is 26.6. The van der Waals surface area contributed by atoms with E-state index in [0.29, 0.717) is 37.7 Å². The van der Waals surface area contributed by atoms with Crippen LogP contribution in [0.4, 0.5) is 13.2 Å². The summed E-state index contributed by atoms with van der Waals surface area (Å²) in [4.78, 5) is 15.3. The summed E-state index contributed by atoms with van der Waals surface area (Å²) in [6, 6.07) is 0. The zero-order valence-corrected chi connectivity index (χ0v) is 21.2. The van der Waals surface area contributed by atoms with Gasteiger partial charge in [-0.1, -0.05) is 37.8 Å². The van der Waals surface area contributed by atoms with Crippen LogP contribution >= 0.6 is 0 Å². The molecule has 1 aliphatic heterocycles. The summed E-state index contributed by atoms with van der Waals surface area (Å²) in [6.45, 7) is 20.1. The number of aliphatic carboxylic acids is 1. The van der Waals surface area contributed by atoms with Gasteiger partial charge in [0.2, 0.25) is 0 Å². The molecule has 196 valence electrons. The predicted octanol–water partition coefficient (Wildman–Crippen LogP) is 6.45. The first-order chi connectivity index (χ1) is 16.4. The number of nitrogens with zero attached hydrogens (tertiary/aromatic N) is 2. The Morgan fingerprint density at radius 2 is 1.97 bits per heavy atom. The summed E-state index contributed by atoms with van der Waals surface area (Å²) in [6.07, 6.45) is 4.48. The van der Waals surface area contributed by atoms with Crippen molar-refractivity contribution in [1.29, 1.82) is 0 Å². The highest BCUT2D eigenvalue weighted by molar-refractivity contribution is 5.86. The molecule has 1 unspecified atom stereocenters. The van der Waals surface area contributed by atoms with Crippen molar-refractivity contribution >= 4 is 5.97 Å². The predicted molar refractivity (Wildman–Crippen MR) is 134 cm³/mol. The molecule has 1 fully saturated rings. The lowest BCUT2D eigenvalue weighted by atomic mass is 10.0. The number of hydrogen-bond acceptors (Lipinski definition) is 4. The standard InChI is InChI=1S/C27H39F3N2O3/c1-7-15-31(17-20(3)10-9-11-22(5)27(28,29)30)16-14-24-18-32(23(6)35-19-24)25(8-2)13-12-21(4)26(33)34/h8,10,12-13,24H,2,5-7,9,11,14-19H2,1,3-4H3,(H,33,34)/b20-10+,21-12+,25-13+. The molecule has 1 saturated heterocycles. The molecule has 1 atom stereocenters. The second-order valence-corrected chi connectivity index (χ2v) is 8.89. The second kappa shape index (κ2) is 14.6. The summed E-state index contributed by atoms with van der Waals surface area (Å²) in [5, 5.41) is 9.07. The summed E-state index contributed by atoms with van der Waals surface area (Å²) < 4.78 is 43.6. The molecule has 0 amide bonds. The third kappa shape index (κ3) is 11.0. The molecule has 0 bridgehead atoms. The van der Waals surface area contributed by atoms with Gasteiger partial charge in [-0.2, -0.15) is 13.2 Å². The average Bonchev–Trinajstić information content (AvgIpc) is 2.78. The highest BCUT2D eigenvalue weighted by atomic mass is 19.4. The van der Waals surface area contributed by atoms with Crippen molar-refractivity contribution in [2.24, 2.45) is 5.92 Å². The Morgan fingerprint density at radius 1 is 1.29 bits per heavy atom. The van der Waals surface area contributed by atoms with E-state index in [1.807, 2.05) is 17.9 Å². The van der Waals surface area contributed by atoms with Gasteiger partial charge in [-0.05, 0) is 71.4 Å². The van der Waals surface area contributed by atoms with Crippen molar-refractivity contribution < 1.29 is 27.8 Å². The molecule has 0 aliphatic carbocycles. The first-order valence-electron chi connectivity index (χ1n) is 11.9. The number of alkyl halides is 3. The molecule has 0 radical (unpaired) electrons. The first kappa shape index (κ1) is 30.3. The van der Waals surface area contributed by atoms with E-state index in [0.717, 1.165) is 31.5 Å². The van der Waals surface area contributed by atoms with Crippen molar-refractivity contribution in [3.63, 3.8) is 0 Å². The first-order valence-corrected chi connectivity index (χ1v) is 11.9. The average molecular weight is 497 g/mol. The van der Waals surface area contributed by atoms with Gasteiger partial charge in [-0.3, -0.25) is 4.90 Å². The maximum Gasteiger partial charge on any atom is 0.412 e. The van der Waals surface area contributed by atoms with Gasteiger partial charge < -0.3 is 14.7 Å². The lowest BCUT2D eigenvalue weighted by Crippen LogP contribution is -2.38. The van der Waals surface area contributed by atoms with Crippen LogP contribution < -0.4 is 0 Å². The summed E-state index contributed by atoms with van der Waals surface area (Å²) >= 11 is 0. The van der Waals surface area contributed by atoms with E-state index >= 15 is 0 Å². The molecule has 0 saturated carbocycles. The Kier molecular flexibility index (Phi) is 12.6. The third-order valence-electron chi connectivity index (χ3n) is 5.80. The Labute approximate surface area is 207 Å². The van der Waals surface area contributed by atoms with Crippen LogP contribution in [0.3, 0.4) is 0 Å². The zero-order valence-electron chi connectivity index (χ0n) is 21.2. The summed E-state index contributed by atoms with van der Waals surface area (Å²) in [5.41, 5.74) is 1.27. The molecule has 1 rings (SSSR count). The Balaban J connectivity index is 2.72. The maximum atomic E-state index is 12.6. The van der Waals surface area contributed by atoms with Crippen LogP contribution in [-0.4, -0.2) is 59.8 Å². The third-order valence-corrected chi connectivity index (χ3v) is 5.80. The van der Waals surface area contributed by atoms with E-state index in [2.05, 4.69) is 31.6 Å². The van der Waals surface area contributed by atoms with Crippen LogP contribution in [0.2, 0.25) is 0 Å². The van der Waals surface area contributed by atoms with Gasteiger partial charge in [0.05, 0.1) is 6.61 Å². The molecule has 0 aromatic carbocycles. The minimum absolute atomic E-state index is 0.0892. The van der Waals surface area contributed by atoms with Crippen LogP contribution in [0.5, 0.6) is 0 Å². The van der Waals surface area contributed by atoms with Gasteiger partial charge in [0.25, 0.3) is 0 Å². The normalized spacial score (nSPS) is 18.0. The van der Waals surface area contributed by atoms with E-state index in [4.69, 9.17) is 9.84 Å². The Morgan fingerprint density at radius 3 is 2.54 bits per heavy atom. The van der Waals surface area contributed by atoms with Crippen molar-refractivity contribution in [2.45, 2.75) is 52.6 Å². The fraction of sp³-hybridized carbons (Fsp3) is 0.519. The van der Waals surface area contributed by atoms with Crippen molar-refractivity contribution in [3.8, 4) is 0 Å². The van der Waals surface area contributed by atoms with Crippen LogP contribution in [-0.2, 0) is 9.53 Å². The molecule has 0 aromatic rings. The van der Waals surface area contributed by atoms with Crippen molar-refractivity contribution in [2.75, 3.05) is 32.8 Å². The number of carboxylic acids is 1. The quantitative estimate of drug-likeness (QED) is 0.170. The smallest absolute Gasteiger partial charge is 0.412 e. The van der Waals surface area contributed by atoms with E-state index in [1.165, 1.54) is 13.0 Å². The fourth-order valence-electron chi connectivity index (χ4n) is 3.68. The second-order valence-electron chi connectivity index (χ2n) is 8.89. The lowest BCUT2D eigenvalue weighted by molar-refractivity contribution is -0.132. The minimum Gasteiger partial charge on any atom is -0.479 e. The summed E-state index contributed by atoms with van der Waals surface area (Å²) in [7, 11) is 0. The summed E-state index contributed by atoms with van der Waals surface area (Å²) in [5.74, 6) is -0.257. The van der Waals surface area contributed by atoms with Crippen molar-refractivity contribution in [1.82, 2.24) is 9.80 Å². The maximum absolute atomic E-state index is 12.6. The van der Waals surface area contributed by atoms with E-state index < -0.39 is 17.7 Å². The largest absolute Gasteiger partial charge is 0.479 e. The van der Waals surface area contributed by atoms with Gasteiger partial charge in [-0.15, -0.1) is 0 Å². The number of halogens is 3. The monoisotopic (exact) mass is 496 g/mol. The number of carbonyl (C=O) groups is 1. The fourth-order valence-corrected chi connectivity index (χ4v) is 3.68.